The Bertz CT molecular complexity index is 479. The number of hydrogen-bond acceptors (Lipinski definition) is 2. The lowest BCUT2D eigenvalue weighted by Crippen LogP contribution is -2.29. The molecule has 1 atom stereocenters. The first-order valence-electron chi connectivity index (χ1n) is 5.60. The van der Waals surface area contributed by atoms with Crippen LogP contribution < -0.4 is 5.32 Å². The molecule has 7 heteroatoms. The van der Waals surface area contributed by atoms with Crippen LogP contribution in [0, 0.1) is 29.2 Å². The van der Waals surface area contributed by atoms with Gasteiger partial charge in [-0.3, -0.25) is 4.79 Å². The summed E-state index contributed by atoms with van der Waals surface area (Å²) in [6, 6.07) is 0.305. The van der Waals surface area contributed by atoms with Gasteiger partial charge in [-0.05, 0) is 18.4 Å². The molecular weight excluding hydrogens is 266 g/mol. The van der Waals surface area contributed by atoms with Crippen molar-refractivity contribution in [3.05, 3.63) is 34.9 Å². The van der Waals surface area contributed by atoms with Crippen molar-refractivity contribution >= 4 is 5.91 Å². The molecule has 106 valence electrons. The Morgan fingerprint density at radius 3 is 2.47 bits per heavy atom. The summed E-state index contributed by atoms with van der Waals surface area (Å²) in [7, 11) is 0. The molecule has 0 heterocycles. The zero-order chi connectivity index (χ0) is 14.6. The van der Waals surface area contributed by atoms with Gasteiger partial charge < -0.3 is 10.4 Å². The first kappa shape index (κ1) is 15.4. The molecule has 0 fully saturated rings. The fourth-order valence-electron chi connectivity index (χ4n) is 1.42. The van der Waals surface area contributed by atoms with Crippen LogP contribution in [0.4, 0.5) is 17.6 Å². The Balaban J connectivity index is 2.83. The van der Waals surface area contributed by atoms with Crippen molar-refractivity contribution in [2.75, 3.05) is 13.2 Å². The summed E-state index contributed by atoms with van der Waals surface area (Å²) in [5.74, 6) is -8.47. The van der Waals surface area contributed by atoms with E-state index in [0.717, 1.165) is 0 Å². The Hall–Kier alpha value is -1.63. The summed E-state index contributed by atoms with van der Waals surface area (Å²) in [4.78, 5) is 11.5. The van der Waals surface area contributed by atoms with E-state index in [1.54, 1.807) is 6.92 Å². The van der Waals surface area contributed by atoms with Crippen molar-refractivity contribution in [3.8, 4) is 0 Å². The summed E-state index contributed by atoms with van der Waals surface area (Å²) < 4.78 is 51.8. The van der Waals surface area contributed by atoms with Gasteiger partial charge >= 0.3 is 0 Å². The molecule has 0 aliphatic carbocycles. The lowest BCUT2D eigenvalue weighted by atomic mass is 10.1. The molecule has 1 amide bonds. The third-order valence-corrected chi connectivity index (χ3v) is 2.58. The fraction of sp³-hybridized carbons (Fsp3) is 0.417. The summed E-state index contributed by atoms with van der Waals surface area (Å²) >= 11 is 0. The lowest BCUT2D eigenvalue weighted by Gasteiger charge is -2.12. The second kappa shape index (κ2) is 6.51. The first-order valence-corrected chi connectivity index (χ1v) is 5.60. The Kier molecular flexibility index (Phi) is 5.29. The number of hydrogen-bond donors (Lipinski definition) is 2. The summed E-state index contributed by atoms with van der Waals surface area (Å²) in [6.45, 7) is 1.74. The second-order valence-corrected chi connectivity index (χ2v) is 4.18. The highest BCUT2D eigenvalue weighted by atomic mass is 19.2. The summed E-state index contributed by atoms with van der Waals surface area (Å²) in [6.07, 6.45) is 0.412. The zero-order valence-corrected chi connectivity index (χ0v) is 10.1. The van der Waals surface area contributed by atoms with Gasteiger partial charge in [0.05, 0.1) is 5.56 Å². The summed E-state index contributed by atoms with van der Waals surface area (Å²) in [5, 5.41) is 10.9. The third-order valence-electron chi connectivity index (χ3n) is 2.58. The number of aliphatic hydroxyl groups is 1. The minimum atomic E-state index is -2.02. The van der Waals surface area contributed by atoms with Gasteiger partial charge in [-0.25, -0.2) is 17.6 Å². The molecule has 3 nitrogen and oxygen atoms in total. The van der Waals surface area contributed by atoms with Crippen LogP contribution in [0.3, 0.4) is 0 Å². The Morgan fingerprint density at radius 2 is 1.89 bits per heavy atom. The predicted octanol–water partition coefficient (Wildman–Crippen LogP) is 1.99. The van der Waals surface area contributed by atoms with Gasteiger partial charge in [0.15, 0.2) is 23.3 Å². The molecule has 0 aliphatic rings. The van der Waals surface area contributed by atoms with Gasteiger partial charge in [-0.1, -0.05) is 6.92 Å². The molecule has 0 bridgehead atoms. The van der Waals surface area contributed by atoms with Crippen LogP contribution in [-0.4, -0.2) is 24.2 Å². The van der Waals surface area contributed by atoms with E-state index in [9.17, 15) is 22.4 Å². The van der Waals surface area contributed by atoms with Crippen molar-refractivity contribution in [2.45, 2.75) is 13.3 Å². The monoisotopic (exact) mass is 279 g/mol. The number of carbonyl (C=O) groups is 1. The Labute approximate surface area is 107 Å². The van der Waals surface area contributed by atoms with Crippen LogP contribution >= 0.6 is 0 Å². The van der Waals surface area contributed by atoms with E-state index in [0.29, 0.717) is 12.5 Å². The molecule has 0 radical (unpaired) electrons. The number of carbonyl (C=O) groups excluding carboxylic acids is 1. The largest absolute Gasteiger partial charge is 0.396 e. The van der Waals surface area contributed by atoms with Gasteiger partial charge in [0.1, 0.15) is 0 Å². The SMILES string of the molecule is CC(CCO)CNC(=O)c1cc(F)c(F)c(F)c1F. The van der Waals surface area contributed by atoms with Crippen molar-refractivity contribution in [1.29, 1.82) is 0 Å². The predicted molar refractivity (Wildman–Crippen MR) is 59.5 cm³/mol. The maximum absolute atomic E-state index is 13.3. The Morgan fingerprint density at radius 1 is 1.26 bits per heavy atom. The number of benzene rings is 1. The molecule has 0 saturated carbocycles. The highest BCUT2D eigenvalue weighted by Gasteiger charge is 2.22. The van der Waals surface area contributed by atoms with E-state index in [2.05, 4.69) is 5.32 Å². The van der Waals surface area contributed by atoms with Crippen molar-refractivity contribution in [3.63, 3.8) is 0 Å². The van der Waals surface area contributed by atoms with Gasteiger partial charge in [-0.2, -0.15) is 0 Å². The maximum atomic E-state index is 13.3. The van der Waals surface area contributed by atoms with Crippen LogP contribution in [-0.2, 0) is 0 Å². The number of nitrogens with one attached hydrogen (secondary N) is 1. The standard InChI is InChI=1S/C12H13F4NO2/c1-6(2-3-18)5-17-12(19)7-4-8(13)10(15)11(16)9(7)14/h4,6,18H,2-3,5H2,1H3,(H,17,19). The van der Waals surface area contributed by atoms with E-state index in [1.807, 2.05) is 0 Å². The number of amides is 1. The van der Waals surface area contributed by atoms with Gasteiger partial charge in [0.2, 0.25) is 0 Å². The quantitative estimate of drug-likeness (QED) is 0.492. The minimum Gasteiger partial charge on any atom is -0.396 e. The average molecular weight is 279 g/mol. The second-order valence-electron chi connectivity index (χ2n) is 4.18. The molecular formula is C12H13F4NO2. The van der Waals surface area contributed by atoms with Crippen molar-refractivity contribution in [1.82, 2.24) is 5.32 Å². The average Bonchev–Trinajstić information content (AvgIpc) is 2.38. The van der Waals surface area contributed by atoms with Gasteiger partial charge in [-0.15, -0.1) is 0 Å². The maximum Gasteiger partial charge on any atom is 0.254 e. The topological polar surface area (TPSA) is 49.3 Å². The van der Waals surface area contributed by atoms with E-state index in [1.165, 1.54) is 0 Å². The van der Waals surface area contributed by atoms with Crippen LogP contribution in [0.5, 0.6) is 0 Å². The number of halogens is 4. The van der Waals surface area contributed by atoms with Crippen LogP contribution in [0.2, 0.25) is 0 Å². The van der Waals surface area contributed by atoms with Crippen molar-refractivity contribution < 1.29 is 27.5 Å². The van der Waals surface area contributed by atoms with Crippen LogP contribution in [0.25, 0.3) is 0 Å². The molecule has 0 saturated heterocycles. The molecule has 0 aliphatic heterocycles. The van der Waals surface area contributed by atoms with Crippen LogP contribution in [0.1, 0.15) is 23.7 Å². The normalized spacial score (nSPS) is 12.3. The highest BCUT2D eigenvalue weighted by molar-refractivity contribution is 5.94. The summed E-state index contributed by atoms with van der Waals surface area (Å²) in [5.41, 5.74) is -0.896. The molecule has 19 heavy (non-hydrogen) atoms. The molecule has 1 aromatic rings. The van der Waals surface area contributed by atoms with E-state index in [-0.39, 0.29) is 19.1 Å². The van der Waals surface area contributed by atoms with E-state index >= 15 is 0 Å². The van der Waals surface area contributed by atoms with Crippen molar-refractivity contribution in [2.24, 2.45) is 5.92 Å². The molecule has 1 aromatic carbocycles. The van der Waals surface area contributed by atoms with Crippen LogP contribution in [0.15, 0.2) is 6.07 Å². The van der Waals surface area contributed by atoms with E-state index < -0.39 is 34.7 Å². The van der Waals surface area contributed by atoms with Gasteiger partial charge in [0.25, 0.3) is 5.91 Å². The molecule has 0 spiro atoms. The minimum absolute atomic E-state index is 0.0782. The molecule has 1 rings (SSSR count). The van der Waals surface area contributed by atoms with E-state index in [4.69, 9.17) is 5.11 Å². The number of rotatable bonds is 5. The lowest BCUT2D eigenvalue weighted by molar-refractivity contribution is 0.0939. The molecule has 2 N–H and O–H groups in total. The molecule has 0 aromatic heterocycles. The third kappa shape index (κ3) is 3.66. The zero-order valence-electron chi connectivity index (χ0n) is 10.1. The fourth-order valence-corrected chi connectivity index (χ4v) is 1.42. The van der Waals surface area contributed by atoms with Gasteiger partial charge in [0, 0.05) is 13.2 Å². The smallest absolute Gasteiger partial charge is 0.254 e. The first-order chi connectivity index (χ1) is 8.88. The highest BCUT2D eigenvalue weighted by Crippen LogP contribution is 2.18. The number of aliphatic hydroxyl groups excluding tert-OH is 1. The molecule has 1 unspecified atom stereocenters.